The van der Waals surface area contributed by atoms with Gasteiger partial charge in [-0.2, -0.15) is 0 Å². The maximum atomic E-state index is 9.00. The molecule has 0 rings (SSSR count). The Morgan fingerprint density at radius 3 is 1.14 bits per heavy atom. The number of halogens is 2. The molecule has 0 saturated carbocycles. The topological polar surface area (TPSA) is 69.1 Å². The van der Waals surface area contributed by atoms with Gasteiger partial charge in [0.25, 0.3) is 0 Å². The molecule has 0 atom stereocenters. The van der Waals surface area contributed by atoms with E-state index in [1.165, 1.54) is 0 Å². The van der Waals surface area contributed by atoms with Crippen LogP contribution in [0.5, 0.6) is 0 Å². The number of hydrogen-bond donors (Lipinski definition) is 2. The maximum Gasteiger partial charge on any atom is 2.00 e. The van der Waals surface area contributed by atoms with Crippen LogP contribution in [-0.4, -0.2) is 29.1 Å². The molecule has 0 fully saturated rings. The molecule has 0 aromatic rings. The first-order valence-electron chi connectivity index (χ1n) is 0.781. The molecule has 7 heavy (non-hydrogen) atoms. The minimum absolute atomic E-state index is 0. The van der Waals surface area contributed by atoms with Gasteiger partial charge >= 0.3 is 29.1 Å². The summed E-state index contributed by atoms with van der Waals surface area (Å²) < 4.78 is 0. The van der Waals surface area contributed by atoms with Crippen molar-refractivity contribution in [3.8, 4) is 0 Å². The molecule has 40 valence electrons. The van der Waals surface area contributed by atoms with E-state index in [2.05, 4.69) is 11.5 Å². The maximum absolute atomic E-state index is 9.00. The number of nitrogens with two attached hydrogens (primary N) is 2. The Morgan fingerprint density at radius 1 is 1.14 bits per heavy atom. The number of carbonyl (C=O) groups is 1. The number of urea groups is 1. The molecule has 0 saturated heterocycles. The number of primary amides is 2. The third-order valence-corrected chi connectivity index (χ3v) is 0. The van der Waals surface area contributed by atoms with Crippen molar-refractivity contribution in [1.29, 1.82) is 0 Å². The van der Waals surface area contributed by atoms with Crippen molar-refractivity contribution in [3.63, 3.8) is 0 Å². The summed E-state index contributed by atoms with van der Waals surface area (Å²) in [7, 11) is 0. The minimum Gasteiger partial charge on any atom is -1.00 e. The minimum atomic E-state index is -0.833. The fourth-order valence-corrected chi connectivity index (χ4v) is 0. The van der Waals surface area contributed by atoms with E-state index in [-0.39, 0.29) is 47.9 Å². The first kappa shape index (κ1) is 25.5. The van der Waals surface area contributed by atoms with E-state index in [0.29, 0.717) is 0 Å². The molecular weight excluding hydrogens is 151 g/mol. The SMILES string of the molecule is NC(N)=O.[Cl-].[Cl-].[Mg+2]. The van der Waals surface area contributed by atoms with Crippen LogP contribution in [0.3, 0.4) is 0 Å². The summed E-state index contributed by atoms with van der Waals surface area (Å²) >= 11 is 0. The van der Waals surface area contributed by atoms with Gasteiger partial charge < -0.3 is 36.3 Å². The first-order valence-corrected chi connectivity index (χ1v) is 0.781. The second-order valence-electron chi connectivity index (χ2n) is 0.402. The quantitative estimate of drug-likeness (QED) is 0.335. The van der Waals surface area contributed by atoms with Gasteiger partial charge in [0, 0.05) is 0 Å². The first-order chi connectivity index (χ1) is 1.73. The van der Waals surface area contributed by atoms with E-state index >= 15 is 0 Å². The van der Waals surface area contributed by atoms with Gasteiger partial charge in [0.15, 0.2) is 0 Å². The molecule has 0 aliphatic heterocycles. The van der Waals surface area contributed by atoms with Crippen LogP contribution in [0, 0.1) is 0 Å². The molecule has 0 aliphatic carbocycles. The third kappa shape index (κ3) is 371. The van der Waals surface area contributed by atoms with Gasteiger partial charge in [-0.15, -0.1) is 0 Å². The Labute approximate surface area is 70.2 Å². The molecule has 0 bridgehead atoms. The zero-order chi connectivity index (χ0) is 3.58. The monoisotopic (exact) mass is 154 g/mol. The van der Waals surface area contributed by atoms with E-state index in [0.717, 1.165) is 0 Å². The summed E-state index contributed by atoms with van der Waals surface area (Å²) in [6.07, 6.45) is 0. The van der Waals surface area contributed by atoms with Crippen molar-refractivity contribution in [1.82, 2.24) is 0 Å². The Bertz CT molecular complexity index is 38.7. The summed E-state index contributed by atoms with van der Waals surface area (Å²) in [5.74, 6) is 0. The molecule has 0 spiro atoms. The number of carbonyl (C=O) groups excluding carboxylic acids is 1. The molecule has 2 amide bonds. The standard InChI is InChI=1S/CH4N2O.2ClH.Mg/c2-1(3)4;;;/h(H4,2,3,4);2*1H;/q;;;+2/p-2. The van der Waals surface area contributed by atoms with Crippen LogP contribution in [0.25, 0.3) is 0 Å². The predicted octanol–water partition coefficient (Wildman–Crippen LogP) is -7.35. The van der Waals surface area contributed by atoms with Gasteiger partial charge in [-0.1, -0.05) is 0 Å². The van der Waals surface area contributed by atoms with E-state index in [1.807, 2.05) is 0 Å². The molecular formula is CH4Cl2MgN2O. The average molecular weight is 155 g/mol. The molecule has 0 aliphatic rings. The smallest absolute Gasteiger partial charge is 1.00 e. The molecule has 0 unspecified atom stereocenters. The van der Waals surface area contributed by atoms with Crippen LogP contribution in [0.4, 0.5) is 4.79 Å². The summed E-state index contributed by atoms with van der Waals surface area (Å²) in [6, 6.07) is -0.833. The third-order valence-electron chi connectivity index (χ3n) is 0. The second kappa shape index (κ2) is 16.0. The molecule has 0 aromatic carbocycles. The van der Waals surface area contributed by atoms with Crippen molar-refractivity contribution in [2.75, 3.05) is 0 Å². The average Bonchev–Trinajstić information content (AvgIpc) is 0.811. The summed E-state index contributed by atoms with van der Waals surface area (Å²) in [6.45, 7) is 0. The number of amides is 2. The van der Waals surface area contributed by atoms with Crippen LogP contribution < -0.4 is 36.3 Å². The van der Waals surface area contributed by atoms with Crippen LogP contribution in [0.1, 0.15) is 0 Å². The zero-order valence-electron chi connectivity index (χ0n) is 3.53. The molecule has 0 radical (unpaired) electrons. The van der Waals surface area contributed by atoms with Crippen molar-refractivity contribution >= 4 is 29.1 Å². The number of rotatable bonds is 0. The Kier molecular flexibility index (Phi) is 58.1. The van der Waals surface area contributed by atoms with Crippen molar-refractivity contribution in [3.05, 3.63) is 0 Å². The largest absolute Gasteiger partial charge is 2.00 e. The summed E-state index contributed by atoms with van der Waals surface area (Å²) in [5, 5.41) is 0. The fraction of sp³-hybridized carbons (Fsp3) is 0. The van der Waals surface area contributed by atoms with E-state index in [4.69, 9.17) is 4.79 Å². The van der Waals surface area contributed by atoms with Crippen molar-refractivity contribution in [2.24, 2.45) is 11.5 Å². The summed E-state index contributed by atoms with van der Waals surface area (Å²) in [4.78, 5) is 9.00. The fourth-order valence-electron chi connectivity index (χ4n) is 0. The molecule has 3 nitrogen and oxygen atoms in total. The normalized spacial score (nSPS) is 3.43. The van der Waals surface area contributed by atoms with Crippen LogP contribution in [-0.2, 0) is 0 Å². The van der Waals surface area contributed by atoms with Gasteiger partial charge in [0.2, 0.25) is 0 Å². The van der Waals surface area contributed by atoms with Crippen molar-refractivity contribution < 1.29 is 29.6 Å². The van der Waals surface area contributed by atoms with Crippen LogP contribution >= 0.6 is 0 Å². The van der Waals surface area contributed by atoms with Gasteiger partial charge in [-0.05, 0) is 0 Å². The van der Waals surface area contributed by atoms with Crippen LogP contribution in [0.15, 0.2) is 0 Å². The number of hydrogen-bond acceptors (Lipinski definition) is 1. The Hall–Kier alpha value is 0.616. The Morgan fingerprint density at radius 2 is 1.14 bits per heavy atom. The van der Waals surface area contributed by atoms with Gasteiger partial charge in [0.05, 0.1) is 0 Å². The second-order valence-corrected chi connectivity index (χ2v) is 0.402. The van der Waals surface area contributed by atoms with E-state index < -0.39 is 6.03 Å². The molecule has 0 aromatic heterocycles. The Balaban J connectivity index is -0.0000000150. The molecule has 0 heterocycles. The van der Waals surface area contributed by atoms with Crippen molar-refractivity contribution in [2.45, 2.75) is 0 Å². The van der Waals surface area contributed by atoms with E-state index in [9.17, 15) is 0 Å². The van der Waals surface area contributed by atoms with Gasteiger partial charge in [-0.25, -0.2) is 4.79 Å². The molecule has 6 heteroatoms. The van der Waals surface area contributed by atoms with Crippen LogP contribution in [0.2, 0.25) is 0 Å². The molecule has 4 N–H and O–H groups in total. The predicted molar refractivity (Wildman–Crippen MR) is 19.5 cm³/mol. The van der Waals surface area contributed by atoms with Gasteiger partial charge in [0.1, 0.15) is 0 Å². The van der Waals surface area contributed by atoms with E-state index in [1.54, 1.807) is 0 Å². The van der Waals surface area contributed by atoms with Gasteiger partial charge in [-0.3, -0.25) is 0 Å². The summed E-state index contributed by atoms with van der Waals surface area (Å²) in [5.41, 5.74) is 8.50. The zero-order valence-corrected chi connectivity index (χ0v) is 6.45.